The lowest BCUT2D eigenvalue weighted by atomic mass is 10.1. The van der Waals surface area contributed by atoms with Gasteiger partial charge in [-0.15, -0.1) is 0 Å². The lowest BCUT2D eigenvalue weighted by Crippen LogP contribution is -2.00. The highest BCUT2D eigenvalue weighted by atomic mass is 35.5. The van der Waals surface area contributed by atoms with E-state index in [2.05, 4.69) is 0 Å². The van der Waals surface area contributed by atoms with Gasteiger partial charge in [0.2, 0.25) is 5.24 Å². The van der Waals surface area contributed by atoms with E-state index >= 15 is 0 Å². The molecular weight excluding hydrogens is 342 g/mol. The maximum atomic E-state index is 14.4. The van der Waals surface area contributed by atoms with Gasteiger partial charge in [-0.25, -0.2) is 4.39 Å². The first-order chi connectivity index (χ1) is 10.9. The van der Waals surface area contributed by atoms with Gasteiger partial charge >= 0.3 is 0 Å². The molecular formula is C16H7Cl2FN2O2. The molecule has 0 fully saturated rings. The van der Waals surface area contributed by atoms with E-state index in [0.29, 0.717) is 0 Å². The van der Waals surface area contributed by atoms with Crippen molar-refractivity contribution in [1.29, 1.82) is 10.5 Å². The normalized spacial score (nSPS) is 9.78. The van der Waals surface area contributed by atoms with E-state index in [1.807, 2.05) is 12.1 Å². The van der Waals surface area contributed by atoms with Gasteiger partial charge in [-0.2, -0.15) is 10.5 Å². The average molecular weight is 349 g/mol. The minimum atomic E-state index is -0.827. The number of carbonyl (C=O) groups excluding carboxylic acids is 1. The summed E-state index contributed by atoms with van der Waals surface area (Å²) in [4.78, 5) is 10.9. The molecule has 114 valence electrons. The van der Waals surface area contributed by atoms with Gasteiger partial charge in [0, 0.05) is 12.0 Å². The number of hydrogen-bond donors (Lipinski definition) is 0. The molecule has 2 rings (SSSR count). The molecule has 0 saturated heterocycles. The fourth-order valence-corrected chi connectivity index (χ4v) is 2.19. The third-order valence-electron chi connectivity index (χ3n) is 2.84. The number of carbonyl (C=O) groups is 1. The Bertz CT molecular complexity index is 837. The summed E-state index contributed by atoms with van der Waals surface area (Å²) >= 11 is 11.2. The number of rotatable bonds is 4. The predicted molar refractivity (Wildman–Crippen MR) is 81.9 cm³/mol. The first-order valence-corrected chi connectivity index (χ1v) is 6.98. The van der Waals surface area contributed by atoms with Crippen molar-refractivity contribution >= 4 is 28.4 Å². The Morgan fingerprint density at radius 1 is 1.17 bits per heavy atom. The van der Waals surface area contributed by atoms with Crippen molar-refractivity contribution in [2.75, 3.05) is 0 Å². The molecule has 2 aromatic carbocycles. The molecule has 0 aliphatic carbocycles. The summed E-state index contributed by atoms with van der Waals surface area (Å²) in [6.07, 6.45) is -0.317. The Morgan fingerprint density at radius 3 is 2.30 bits per heavy atom. The molecule has 0 heterocycles. The molecule has 0 spiro atoms. The molecule has 0 radical (unpaired) electrons. The Hall–Kier alpha value is -2.60. The highest BCUT2D eigenvalue weighted by Gasteiger charge is 2.17. The third kappa shape index (κ3) is 3.98. The van der Waals surface area contributed by atoms with Crippen molar-refractivity contribution < 1.29 is 13.9 Å². The lowest BCUT2D eigenvalue weighted by molar-refractivity contribution is -0.111. The summed E-state index contributed by atoms with van der Waals surface area (Å²) in [6.45, 7) is 0. The average Bonchev–Trinajstić information content (AvgIpc) is 2.53. The Labute approximate surface area is 141 Å². The summed E-state index contributed by atoms with van der Waals surface area (Å²) in [5, 5.41) is 17.1. The number of hydrogen-bond acceptors (Lipinski definition) is 4. The number of benzene rings is 2. The summed E-state index contributed by atoms with van der Waals surface area (Å²) in [5.74, 6) is -1.05. The second-order valence-corrected chi connectivity index (χ2v) is 5.28. The second kappa shape index (κ2) is 7.11. The van der Waals surface area contributed by atoms with Crippen LogP contribution in [0, 0.1) is 28.5 Å². The SMILES string of the molecule is N#Cc1cc(C#N)cc(Oc2c(Cl)ccc(CC(=O)Cl)c2F)c1. The molecule has 0 N–H and O–H groups in total. The Kier molecular flexibility index (Phi) is 5.18. The van der Waals surface area contributed by atoms with Crippen molar-refractivity contribution in [3.63, 3.8) is 0 Å². The van der Waals surface area contributed by atoms with Crippen LogP contribution >= 0.6 is 23.2 Å². The molecule has 0 atom stereocenters. The zero-order chi connectivity index (χ0) is 17.0. The van der Waals surface area contributed by atoms with Gasteiger partial charge in [0.25, 0.3) is 0 Å². The molecule has 0 aliphatic rings. The highest BCUT2D eigenvalue weighted by molar-refractivity contribution is 6.63. The van der Waals surface area contributed by atoms with Gasteiger partial charge < -0.3 is 4.74 Å². The summed E-state index contributed by atoms with van der Waals surface area (Å²) in [5.41, 5.74) is 0.395. The van der Waals surface area contributed by atoms with E-state index in [0.717, 1.165) is 0 Å². The molecule has 0 aliphatic heterocycles. The van der Waals surface area contributed by atoms with E-state index in [1.165, 1.54) is 30.3 Å². The van der Waals surface area contributed by atoms with Gasteiger partial charge in [-0.3, -0.25) is 4.79 Å². The topological polar surface area (TPSA) is 73.9 Å². The Morgan fingerprint density at radius 2 is 1.78 bits per heavy atom. The fraction of sp³-hybridized carbons (Fsp3) is 0.0625. The molecule has 0 bridgehead atoms. The van der Waals surface area contributed by atoms with Gasteiger partial charge in [0.1, 0.15) is 5.75 Å². The van der Waals surface area contributed by atoms with E-state index in [1.54, 1.807) is 0 Å². The molecule has 0 aromatic heterocycles. The highest BCUT2D eigenvalue weighted by Crippen LogP contribution is 2.34. The second-order valence-electron chi connectivity index (χ2n) is 4.45. The van der Waals surface area contributed by atoms with Gasteiger partial charge in [0.05, 0.1) is 28.3 Å². The summed E-state index contributed by atoms with van der Waals surface area (Å²) in [6, 6.07) is 10.5. The van der Waals surface area contributed by atoms with Crippen molar-refractivity contribution in [1.82, 2.24) is 0 Å². The lowest BCUT2D eigenvalue weighted by Gasteiger charge is -2.11. The molecule has 2 aromatic rings. The van der Waals surface area contributed by atoms with Crippen LogP contribution in [0.2, 0.25) is 5.02 Å². The maximum Gasteiger partial charge on any atom is 0.226 e. The van der Waals surface area contributed by atoms with Crippen LogP contribution in [-0.4, -0.2) is 5.24 Å². The smallest absolute Gasteiger partial charge is 0.226 e. The van der Waals surface area contributed by atoms with E-state index in [-0.39, 0.29) is 39.6 Å². The van der Waals surface area contributed by atoms with Crippen LogP contribution in [-0.2, 0) is 11.2 Å². The van der Waals surface area contributed by atoms with Gasteiger partial charge in [-0.05, 0) is 35.9 Å². The number of nitrogens with zero attached hydrogens (tertiary/aromatic N) is 2. The van der Waals surface area contributed by atoms with Crippen LogP contribution in [0.25, 0.3) is 0 Å². The van der Waals surface area contributed by atoms with Crippen molar-refractivity contribution in [3.05, 3.63) is 57.9 Å². The molecule has 0 amide bonds. The predicted octanol–water partition coefficient (Wildman–Crippen LogP) is 4.32. The number of nitriles is 2. The zero-order valence-corrected chi connectivity index (χ0v) is 13.0. The third-order valence-corrected chi connectivity index (χ3v) is 3.27. The minimum Gasteiger partial charge on any atom is -0.453 e. The van der Waals surface area contributed by atoms with Crippen LogP contribution in [0.3, 0.4) is 0 Å². The van der Waals surface area contributed by atoms with Crippen molar-refractivity contribution in [2.24, 2.45) is 0 Å². The number of ether oxygens (including phenoxy) is 1. The van der Waals surface area contributed by atoms with Crippen molar-refractivity contribution in [2.45, 2.75) is 6.42 Å². The monoisotopic (exact) mass is 348 g/mol. The summed E-state index contributed by atoms with van der Waals surface area (Å²) in [7, 11) is 0. The number of halogens is 3. The molecule has 4 nitrogen and oxygen atoms in total. The minimum absolute atomic E-state index is 0.0193. The first-order valence-electron chi connectivity index (χ1n) is 6.23. The van der Waals surface area contributed by atoms with E-state index in [9.17, 15) is 9.18 Å². The summed E-state index contributed by atoms with van der Waals surface area (Å²) < 4.78 is 19.8. The maximum absolute atomic E-state index is 14.4. The van der Waals surface area contributed by atoms with E-state index in [4.69, 9.17) is 38.5 Å². The van der Waals surface area contributed by atoms with Crippen LogP contribution in [0.15, 0.2) is 30.3 Å². The Balaban J connectivity index is 2.46. The van der Waals surface area contributed by atoms with Crippen LogP contribution in [0.5, 0.6) is 11.5 Å². The van der Waals surface area contributed by atoms with Crippen LogP contribution in [0.4, 0.5) is 4.39 Å². The van der Waals surface area contributed by atoms with Gasteiger partial charge in [0.15, 0.2) is 11.6 Å². The standard InChI is InChI=1S/C16H7Cl2FN2O2/c17-13-2-1-11(6-14(18)22)15(19)16(13)23-12-4-9(7-20)3-10(5-12)8-21/h1-5H,6H2. The van der Waals surface area contributed by atoms with Crippen LogP contribution < -0.4 is 4.74 Å². The van der Waals surface area contributed by atoms with Gasteiger partial charge in [-0.1, -0.05) is 17.7 Å². The molecule has 23 heavy (non-hydrogen) atoms. The fourth-order valence-electron chi connectivity index (χ4n) is 1.86. The van der Waals surface area contributed by atoms with Crippen LogP contribution in [0.1, 0.15) is 16.7 Å². The van der Waals surface area contributed by atoms with E-state index < -0.39 is 11.1 Å². The largest absolute Gasteiger partial charge is 0.453 e. The quantitative estimate of drug-likeness (QED) is 0.771. The molecule has 0 saturated carbocycles. The van der Waals surface area contributed by atoms with Crippen molar-refractivity contribution in [3.8, 4) is 23.6 Å². The zero-order valence-electron chi connectivity index (χ0n) is 11.4. The molecule has 0 unspecified atom stereocenters. The first kappa shape index (κ1) is 16.8. The molecule has 7 heteroatoms.